The summed E-state index contributed by atoms with van der Waals surface area (Å²) in [5, 5.41) is 6.59. The molecule has 0 fully saturated rings. The molecule has 128 valence electrons. The molecule has 3 aromatic rings. The van der Waals surface area contributed by atoms with Crippen molar-refractivity contribution in [2.24, 2.45) is 0 Å². The fraction of sp³-hybridized carbons (Fsp3) is 0.200. The van der Waals surface area contributed by atoms with Gasteiger partial charge in [0.1, 0.15) is 11.6 Å². The van der Waals surface area contributed by atoms with Crippen molar-refractivity contribution in [3.05, 3.63) is 83.3 Å². The first-order valence-corrected chi connectivity index (χ1v) is 8.25. The molecule has 25 heavy (non-hydrogen) atoms. The smallest absolute Gasteiger partial charge is 0.225 e. The standard InChI is InChI=1S/C20H21FN4/c1-14-12-19(22-13-16-8-10-18(21)11-9-16)25-20(23-14)24-15(2)17-6-4-3-5-7-17/h3-12,15H,13H2,1-2H3,(H2,22,23,24,25). The molecule has 0 saturated heterocycles. The molecule has 2 N–H and O–H groups in total. The fourth-order valence-corrected chi connectivity index (χ4v) is 2.54. The maximum Gasteiger partial charge on any atom is 0.225 e. The minimum atomic E-state index is -0.233. The van der Waals surface area contributed by atoms with Crippen LogP contribution in [-0.4, -0.2) is 9.97 Å². The summed E-state index contributed by atoms with van der Waals surface area (Å²) in [6.07, 6.45) is 0. The summed E-state index contributed by atoms with van der Waals surface area (Å²) in [6.45, 7) is 4.58. The van der Waals surface area contributed by atoms with Crippen molar-refractivity contribution in [3.8, 4) is 0 Å². The summed E-state index contributed by atoms with van der Waals surface area (Å²) in [4.78, 5) is 8.98. The van der Waals surface area contributed by atoms with Crippen LogP contribution in [0.2, 0.25) is 0 Å². The zero-order valence-electron chi connectivity index (χ0n) is 14.3. The van der Waals surface area contributed by atoms with Crippen molar-refractivity contribution in [2.75, 3.05) is 10.6 Å². The van der Waals surface area contributed by atoms with Crippen LogP contribution in [0.25, 0.3) is 0 Å². The molecule has 1 aromatic heterocycles. The van der Waals surface area contributed by atoms with Gasteiger partial charge in [0.15, 0.2) is 0 Å². The van der Waals surface area contributed by atoms with Gasteiger partial charge < -0.3 is 10.6 Å². The first-order chi connectivity index (χ1) is 12.1. The molecule has 4 nitrogen and oxygen atoms in total. The molecule has 1 heterocycles. The molecular weight excluding hydrogens is 315 g/mol. The number of halogens is 1. The van der Waals surface area contributed by atoms with Gasteiger partial charge in [-0.2, -0.15) is 4.98 Å². The lowest BCUT2D eigenvalue weighted by molar-refractivity contribution is 0.627. The normalized spacial score (nSPS) is 11.8. The lowest BCUT2D eigenvalue weighted by atomic mass is 10.1. The summed E-state index contributed by atoms with van der Waals surface area (Å²) in [5.74, 6) is 1.08. The van der Waals surface area contributed by atoms with E-state index in [2.05, 4.69) is 39.7 Å². The van der Waals surface area contributed by atoms with Gasteiger partial charge in [0.05, 0.1) is 6.04 Å². The number of nitrogens with one attached hydrogen (secondary N) is 2. The van der Waals surface area contributed by atoms with Crippen LogP contribution in [0.15, 0.2) is 60.7 Å². The second kappa shape index (κ2) is 7.75. The molecule has 0 radical (unpaired) electrons. The van der Waals surface area contributed by atoms with Crippen molar-refractivity contribution in [1.82, 2.24) is 9.97 Å². The van der Waals surface area contributed by atoms with Crippen LogP contribution in [-0.2, 0) is 6.54 Å². The van der Waals surface area contributed by atoms with E-state index in [1.54, 1.807) is 12.1 Å². The van der Waals surface area contributed by atoms with Gasteiger partial charge in [-0.1, -0.05) is 42.5 Å². The van der Waals surface area contributed by atoms with Gasteiger partial charge in [-0.3, -0.25) is 0 Å². The Balaban J connectivity index is 1.68. The molecule has 0 aliphatic rings. The van der Waals surface area contributed by atoms with Crippen molar-refractivity contribution in [1.29, 1.82) is 0 Å². The summed E-state index contributed by atoms with van der Waals surface area (Å²) < 4.78 is 13.0. The van der Waals surface area contributed by atoms with Gasteiger partial charge in [0.25, 0.3) is 0 Å². The maximum absolute atomic E-state index is 13.0. The van der Waals surface area contributed by atoms with Gasteiger partial charge in [0, 0.05) is 18.3 Å². The maximum atomic E-state index is 13.0. The second-order valence-electron chi connectivity index (χ2n) is 5.97. The highest BCUT2D eigenvalue weighted by Crippen LogP contribution is 2.18. The first kappa shape index (κ1) is 16.9. The molecule has 0 saturated carbocycles. The number of anilines is 2. The highest BCUT2D eigenvalue weighted by molar-refractivity contribution is 5.44. The molecule has 5 heteroatoms. The van der Waals surface area contributed by atoms with Crippen LogP contribution >= 0.6 is 0 Å². The minimum absolute atomic E-state index is 0.105. The largest absolute Gasteiger partial charge is 0.366 e. The second-order valence-corrected chi connectivity index (χ2v) is 5.97. The third-order valence-corrected chi connectivity index (χ3v) is 3.89. The van der Waals surface area contributed by atoms with E-state index in [0.717, 1.165) is 17.1 Å². The van der Waals surface area contributed by atoms with Crippen molar-refractivity contribution < 1.29 is 4.39 Å². The van der Waals surface area contributed by atoms with Crippen molar-refractivity contribution in [2.45, 2.75) is 26.4 Å². The SMILES string of the molecule is Cc1cc(NCc2ccc(F)cc2)nc(NC(C)c2ccccc2)n1. The number of hydrogen-bond donors (Lipinski definition) is 2. The van der Waals surface area contributed by atoms with E-state index in [1.165, 1.54) is 17.7 Å². The van der Waals surface area contributed by atoms with E-state index in [0.29, 0.717) is 12.5 Å². The Morgan fingerprint density at radius 1 is 1.00 bits per heavy atom. The van der Waals surface area contributed by atoms with Gasteiger partial charge in [-0.05, 0) is 37.1 Å². The minimum Gasteiger partial charge on any atom is -0.366 e. The molecule has 2 aromatic carbocycles. The van der Waals surface area contributed by atoms with E-state index in [9.17, 15) is 4.39 Å². The zero-order chi connectivity index (χ0) is 17.6. The molecule has 0 amide bonds. The fourth-order valence-electron chi connectivity index (χ4n) is 2.54. The summed E-state index contributed by atoms with van der Waals surface area (Å²) in [6, 6.07) is 18.6. The number of benzene rings is 2. The lowest BCUT2D eigenvalue weighted by Gasteiger charge is -2.15. The summed E-state index contributed by atoms with van der Waals surface area (Å²) >= 11 is 0. The molecule has 1 unspecified atom stereocenters. The van der Waals surface area contributed by atoms with Crippen LogP contribution in [0.1, 0.15) is 29.8 Å². The first-order valence-electron chi connectivity index (χ1n) is 8.25. The highest BCUT2D eigenvalue weighted by atomic mass is 19.1. The molecule has 1 atom stereocenters. The number of rotatable bonds is 6. The monoisotopic (exact) mass is 336 g/mol. The van der Waals surface area contributed by atoms with Crippen molar-refractivity contribution >= 4 is 11.8 Å². The zero-order valence-corrected chi connectivity index (χ0v) is 14.3. The average Bonchev–Trinajstić information content (AvgIpc) is 2.61. The molecule has 0 aliphatic carbocycles. The van der Waals surface area contributed by atoms with Crippen LogP contribution in [0.4, 0.5) is 16.2 Å². The van der Waals surface area contributed by atoms with Crippen LogP contribution in [0, 0.1) is 12.7 Å². The average molecular weight is 336 g/mol. The van der Waals surface area contributed by atoms with Gasteiger partial charge >= 0.3 is 0 Å². The number of hydrogen-bond acceptors (Lipinski definition) is 4. The Hall–Kier alpha value is -2.95. The van der Waals surface area contributed by atoms with Crippen LogP contribution < -0.4 is 10.6 Å². The van der Waals surface area contributed by atoms with Gasteiger partial charge in [0.2, 0.25) is 5.95 Å². The summed E-state index contributed by atoms with van der Waals surface area (Å²) in [5.41, 5.74) is 3.04. The molecule has 0 bridgehead atoms. The molecule has 0 spiro atoms. The highest BCUT2D eigenvalue weighted by Gasteiger charge is 2.08. The lowest BCUT2D eigenvalue weighted by Crippen LogP contribution is -2.11. The molecule has 3 rings (SSSR count). The molecular formula is C20H21FN4. The van der Waals surface area contributed by atoms with E-state index in [1.807, 2.05) is 31.2 Å². The van der Waals surface area contributed by atoms with Gasteiger partial charge in [-0.15, -0.1) is 0 Å². The van der Waals surface area contributed by atoms with E-state index in [-0.39, 0.29) is 11.9 Å². The Kier molecular flexibility index (Phi) is 5.23. The van der Waals surface area contributed by atoms with Crippen LogP contribution in [0.5, 0.6) is 0 Å². The third kappa shape index (κ3) is 4.76. The predicted molar refractivity (Wildman–Crippen MR) is 99.0 cm³/mol. The van der Waals surface area contributed by atoms with Crippen LogP contribution in [0.3, 0.4) is 0 Å². The summed E-state index contributed by atoms with van der Waals surface area (Å²) in [7, 11) is 0. The topological polar surface area (TPSA) is 49.8 Å². The predicted octanol–water partition coefficient (Wildman–Crippen LogP) is 4.71. The Labute approximate surface area is 147 Å². The number of nitrogens with zero attached hydrogens (tertiary/aromatic N) is 2. The number of aromatic nitrogens is 2. The van der Waals surface area contributed by atoms with Crippen molar-refractivity contribution in [3.63, 3.8) is 0 Å². The molecule has 0 aliphatic heterocycles. The quantitative estimate of drug-likeness (QED) is 0.684. The Bertz CT molecular complexity index is 819. The van der Waals surface area contributed by atoms with E-state index in [4.69, 9.17) is 0 Å². The Morgan fingerprint density at radius 3 is 2.44 bits per heavy atom. The Morgan fingerprint density at radius 2 is 1.72 bits per heavy atom. The third-order valence-electron chi connectivity index (χ3n) is 3.89. The van der Waals surface area contributed by atoms with Gasteiger partial charge in [-0.25, -0.2) is 9.37 Å². The van der Waals surface area contributed by atoms with E-state index >= 15 is 0 Å². The van der Waals surface area contributed by atoms with E-state index < -0.39 is 0 Å². The number of aryl methyl sites for hydroxylation is 1.